The molecule has 0 radical (unpaired) electrons. The first kappa shape index (κ1) is 13.9. The van der Waals surface area contributed by atoms with E-state index in [4.69, 9.17) is 4.74 Å². The fourth-order valence-corrected chi connectivity index (χ4v) is 1.99. The van der Waals surface area contributed by atoms with E-state index in [0.717, 1.165) is 23.3 Å². The predicted molar refractivity (Wildman–Crippen MR) is 81.2 cm³/mol. The van der Waals surface area contributed by atoms with Crippen molar-refractivity contribution in [3.63, 3.8) is 0 Å². The molecule has 0 saturated heterocycles. The van der Waals surface area contributed by atoms with Crippen LogP contribution in [0, 0.1) is 0 Å². The van der Waals surface area contributed by atoms with Crippen LogP contribution in [-0.4, -0.2) is 20.5 Å². The topological polar surface area (TPSA) is 41.6 Å². The van der Waals surface area contributed by atoms with E-state index in [1.807, 2.05) is 55.6 Å². The van der Waals surface area contributed by atoms with Crippen LogP contribution < -0.4 is 15.0 Å². The van der Waals surface area contributed by atoms with Crippen LogP contribution in [0.25, 0.3) is 0 Å². The summed E-state index contributed by atoms with van der Waals surface area (Å²) in [5.41, 5.74) is 2.67. The molecule has 0 aromatic heterocycles. The van der Waals surface area contributed by atoms with Crippen LogP contribution >= 0.6 is 0 Å². The van der Waals surface area contributed by atoms with E-state index in [-0.39, 0.29) is 0 Å². The standard InChI is InChI=1S/C16H18N2O2/c1-17-14-9-6-10-15(16(14)18(2)12-19)20-11-13-7-4-3-5-8-13/h3-10,12,17H,11H2,1-2H3. The second kappa shape index (κ2) is 6.61. The zero-order chi connectivity index (χ0) is 14.4. The minimum atomic E-state index is 0.466. The Balaban J connectivity index is 2.24. The second-order valence-corrected chi connectivity index (χ2v) is 4.39. The third-order valence-electron chi connectivity index (χ3n) is 3.02. The van der Waals surface area contributed by atoms with Gasteiger partial charge in [0.25, 0.3) is 0 Å². The zero-order valence-corrected chi connectivity index (χ0v) is 11.7. The minimum absolute atomic E-state index is 0.466. The van der Waals surface area contributed by atoms with Gasteiger partial charge in [-0.2, -0.15) is 0 Å². The quantitative estimate of drug-likeness (QED) is 0.821. The summed E-state index contributed by atoms with van der Waals surface area (Å²) < 4.78 is 5.85. The predicted octanol–water partition coefficient (Wildman–Crippen LogP) is 2.90. The van der Waals surface area contributed by atoms with Gasteiger partial charge in [0, 0.05) is 14.1 Å². The molecule has 0 heterocycles. The lowest BCUT2D eigenvalue weighted by Crippen LogP contribution is -2.16. The lowest BCUT2D eigenvalue weighted by Gasteiger charge is -2.20. The molecule has 0 fully saturated rings. The highest BCUT2D eigenvalue weighted by atomic mass is 16.5. The molecule has 2 aromatic rings. The maximum atomic E-state index is 11.0. The van der Waals surface area contributed by atoms with Gasteiger partial charge in [-0.3, -0.25) is 4.79 Å². The van der Waals surface area contributed by atoms with Gasteiger partial charge in [-0.15, -0.1) is 0 Å². The summed E-state index contributed by atoms with van der Waals surface area (Å²) in [6, 6.07) is 15.6. The largest absolute Gasteiger partial charge is 0.487 e. The van der Waals surface area contributed by atoms with Gasteiger partial charge in [-0.25, -0.2) is 0 Å². The molecule has 0 aliphatic carbocycles. The zero-order valence-electron chi connectivity index (χ0n) is 11.7. The number of benzene rings is 2. The summed E-state index contributed by atoms with van der Waals surface area (Å²) in [5, 5.41) is 3.07. The molecule has 0 bridgehead atoms. The van der Waals surface area contributed by atoms with E-state index < -0.39 is 0 Å². The summed E-state index contributed by atoms with van der Waals surface area (Å²) in [6.07, 6.45) is 0.769. The number of nitrogens with zero attached hydrogens (tertiary/aromatic N) is 1. The van der Waals surface area contributed by atoms with E-state index in [1.54, 1.807) is 7.05 Å². The Bertz CT molecular complexity index is 570. The minimum Gasteiger partial charge on any atom is -0.487 e. The Morgan fingerprint density at radius 3 is 2.55 bits per heavy atom. The molecule has 0 aliphatic heterocycles. The van der Waals surface area contributed by atoms with Gasteiger partial charge in [0.15, 0.2) is 0 Å². The molecule has 2 rings (SSSR count). The van der Waals surface area contributed by atoms with E-state index in [0.29, 0.717) is 12.4 Å². The molecule has 4 heteroatoms. The first-order valence-electron chi connectivity index (χ1n) is 6.42. The molecule has 0 saturated carbocycles. The molecular formula is C16H18N2O2. The first-order valence-corrected chi connectivity index (χ1v) is 6.42. The average molecular weight is 270 g/mol. The molecule has 20 heavy (non-hydrogen) atoms. The molecule has 1 amide bonds. The smallest absolute Gasteiger partial charge is 0.214 e. The summed E-state index contributed by atoms with van der Waals surface area (Å²) in [5.74, 6) is 0.676. The van der Waals surface area contributed by atoms with Crippen LogP contribution in [0.5, 0.6) is 5.75 Å². The van der Waals surface area contributed by atoms with Crippen molar-refractivity contribution in [1.82, 2.24) is 0 Å². The SMILES string of the molecule is CNc1cccc(OCc2ccccc2)c1N(C)C=O. The summed E-state index contributed by atoms with van der Waals surface area (Å²) in [4.78, 5) is 12.5. The highest BCUT2D eigenvalue weighted by Crippen LogP contribution is 2.35. The monoisotopic (exact) mass is 270 g/mol. The van der Waals surface area contributed by atoms with E-state index in [1.165, 1.54) is 4.90 Å². The number of amides is 1. The van der Waals surface area contributed by atoms with Crippen molar-refractivity contribution >= 4 is 17.8 Å². The number of carbonyl (C=O) groups is 1. The van der Waals surface area contributed by atoms with Crippen molar-refractivity contribution in [2.45, 2.75) is 6.61 Å². The van der Waals surface area contributed by atoms with Crippen LogP contribution in [0.1, 0.15) is 5.56 Å². The summed E-state index contributed by atoms with van der Waals surface area (Å²) in [7, 11) is 3.52. The average Bonchev–Trinajstić information content (AvgIpc) is 2.52. The number of ether oxygens (including phenoxy) is 1. The lowest BCUT2D eigenvalue weighted by molar-refractivity contribution is -0.107. The maximum Gasteiger partial charge on any atom is 0.214 e. The van der Waals surface area contributed by atoms with Crippen LogP contribution in [0.4, 0.5) is 11.4 Å². The Morgan fingerprint density at radius 1 is 1.15 bits per heavy atom. The summed E-state index contributed by atoms with van der Waals surface area (Å²) >= 11 is 0. The van der Waals surface area contributed by atoms with Gasteiger partial charge >= 0.3 is 0 Å². The normalized spacial score (nSPS) is 9.90. The number of rotatable bonds is 6. The maximum absolute atomic E-state index is 11.0. The Kier molecular flexibility index (Phi) is 4.60. The van der Waals surface area contributed by atoms with Gasteiger partial charge in [0.05, 0.1) is 5.69 Å². The van der Waals surface area contributed by atoms with Gasteiger partial charge < -0.3 is 15.0 Å². The fourth-order valence-electron chi connectivity index (χ4n) is 1.99. The van der Waals surface area contributed by atoms with Crippen LogP contribution in [-0.2, 0) is 11.4 Å². The third kappa shape index (κ3) is 3.09. The van der Waals surface area contributed by atoms with Crippen LogP contribution in [0.2, 0.25) is 0 Å². The Labute approximate surface area is 119 Å². The van der Waals surface area contributed by atoms with Gasteiger partial charge in [-0.1, -0.05) is 36.4 Å². The van der Waals surface area contributed by atoms with Crippen molar-refractivity contribution in [2.75, 3.05) is 24.3 Å². The van der Waals surface area contributed by atoms with Crippen molar-refractivity contribution in [1.29, 1.82) is 0 Å². The second-order valence-electron chi connectivity index (χ2n) is 4.39. The number of anilines is 2. The van der Waals surface area contributed by atoms with Gasteiger partial charge in [0.2, 0.25) is 6.41 Å². The van der Waals surface area contributed by atoms with Gasteiger partial charge in [-0.05, 0) is 17.7 Å². The molecule has 0 unspecified atom stereocenters. The fraction of sp³-hybridized carbons (Fsp3) is 0.188. The van der Waals surface area contributed by atoms with Crippen LogP contribution in [0.15, 0.2) is 48.5 Å². The molecule has 104 valence electrons. The Morgan fingerprint density at radius 2 is 1.90 bits per heavy atom. The first-order chi connectivity index (χ1) is 9.76. The molecule has 2 aromatic carbocycles. The third-order valence-corrected chi connectivity index (χ3v) is 3.02. The van der Waals surface area contributed by atoms with E-state index in [9.17, 15) is 4.79 Å². The molecule has 0 atom stereocenters. The molecule has 4 nitrogen and oxygen atoms in total. The number of carbonyl (C=O) groups excluding carboxylic acids is 1. The van der Waals surface area contributed by atoms with Crippen molar-refractivity contribution < 1.29 is 9.53 Å². The lowest BCUT2D eigenvalue weighted by atomic mass is 10.2. The van der Waals surface area contributed by atoms with Crippen molar-refractivity contribution in [3.8, 4) is 5.75 Å². The number of para-hydroxylation sites is 1. The van der Waals surface area contributed by atoms with Crippen molar-refractivity contribution in [2.24, 2.45) is 0 Å². The van der Waals surface area contributed by atoms with Crippen molar-refractivity contribution in [3.05, 3.63) is 54.1 Å². The number of hydrogen-bond acceptors (Lipinski definition) is 3. The van der Waals surface area contributed by atoms with E-state index in [2.05, 4.69) is 5.32 Å². The molecule has 0 spiro atoms. The van der Waals surface area contributed by atoms with E-state index >= 15 is 0 Å². The molecule has 0 aliphatic rings. The molecular weight excluding hydrogens is 252 g/mol. The number of hydrogen-bond donors (Lipinski definition) is 1. The highest BCUT2D eigenvalue weighted by molar-refractivity contribution is 5.87. The Hall–Kier alpha value is -2.49. The number of nitrogens with one attached hydrogen (secondary N) is 1. The summed E-state index contributed by atoms with van der Waals surface area (Å²) in [6.45, 7) is 0.466. The highest BCUT2D eigenvalue weighted by Gasteiger charge is 2.13. The van der Waals surface area contributed by atoms with Gasteiger partial charge in [0.1, 0.15) is 18.0 Å². The molecule has 1 N–H and O–H groups in total. The van der Waals surface area contributed by atoms with Crippen LogP contribution in [0.3, 0.4) is 0 Å².